The minimum absolute atomic E-state index is 0.0126. The molecule has 1 aliphatic heterocycles. The Kier molecular flexibility index (Phi) is 4.74. The Balaban J connectivity index is 2.19. The molecule has 1 aromatic carbocycles. The van der Waals surface area contributed by atoms with Gasteiger partial charge in [-0.2, -0.15) is 0 Å². The number of carboxylic acids is 1. The number of amides is 1. The Morgan fingerprint density at radius 2 is 1.95 bits per heavy atom. The first-order chi connectivity index (χ1) is 10.4. The third-order valence-corrected chi connectivity index (χ3v) is 4.39. The van der Waals surface area contributed by atoms with E-state index in [4.69, 9.17) is 9.84 Å². The molecule has 1 aliphatic rings. The fourth-order valence-electron chi connectivity index (χ4n) is 3.01. The van der Waals surface area contributed by atoms with Crippen molar-refractivity contribution < 1.29 is 19.4 Å². The van der Waals surface area contributed by atoms with Crippen LogP contribution < -0.4 is 4.74 Å². The molecule has 1 heterocycles. The molecule has 0 spiro atoms. The van der Waals surface area contributed by atoms with Gasteiger partial charge in [-0.15, -0.1) is 0 Å². The van der Waals surface area contributed by atoms with Crippen LogP contribution in [0.3, 0.4) is 0 Å². The van der Waals surface area contributed by atoms with E-state index in [1.54, 1.807) is 12.0 Å². The number of nitrogens with zero attached hydrogens (tertiary/aromatic N) is 1. The van der Waals surface area contributed by atoms with Crippen molar-refractivity contribution in [3.63, 3.8) is 0 Å². The second-order valence-electron chi connectivity index (χ2n) is 6.25. The average molecular weight is 305 g/mol. The van der Waals surface area contributed by atoms with Gasteiger partial charge in [-0.05, 0) is 44.4 Å². The van der Waals surface area contributed by atoms with E-state index in [0.717, 1.165) is 24.2 Å². The van der Waals surface area contributed by atoms with E-state index >= 15 is 0 Å². The van der Waals surface area contributed by atoms with Gasteiger partial charge < -0.3 is 14.7 Å². The van der Waals surface area contributed by atoms with Crippen molar-refractivity contribution in [2.75, 3.05) is 13.7 Å². The Morgan fingerprint density at radius 1 is 1.32 bits per heavy atom. The molecule has 2 rings (SSSR count). The molecule has 1 amide bonds. The number of carbonyl (C=O) groups excluding carboxylic acids is 1. The van der Waals surface area contributed by atoms with E-state index in [0.29, 0.717) is 6.54 Å². The Bertz CT molecular complexity index is 550. The number of likely N-dealkylation sites (tertiary alicyclic amines) is 1. The summed E-state index contributed by atoms with van der Waals surface area (Å²) in [5.41, 5.74) is 0.215. The van der Waals surface area contributed by atoms with Crippen molar-refractivity contribution in [2.45, 2.75) is 44.6 Å². The summed E-state index contributed by atoms with van der Waals surface area (Å²) >= 11 is 0. The van der Waals surface area contributed by atoms with Gasteiger partial charge in [0.15, 0.2) is 0 Å². The van der Waals surface area contributed by atoms with Crippen LogP contribution in [0.25, 0.3) is 0 Å². The molecule has 1 unspecified atom stereocenters. The third-order valence-electron chi connectivity index (χ3n) is 4.39. The fraction of sp³-hybridized carbons (Fsp3) is 0.529. The standard InChI is InChI=1S/C17H23NO4/c1-17(2,12-6-8-14(22-3)9-7-12)16(21)18-10-4-5-13(18)11-15(19)20/h6-9,13H,4-5,10-11H2,1-3H3,(H,19,20). The van der Waals surface area contributed by atoms with Crippen molar-refractivity contribution >= 4 is 11.9 Å². The molecule has 0 saturated carbocycles. The molecular formula is C17H23NO4. The molecule has 1 saturated heterocycles. The minimum Gasteiger partial charge on any atom is -0.497 e. The third kappa shape index (κ3) is 3.24. The first-order valence-corrected chi connectivity index (χ1v) is 7.53. The highest BCUT2D eigenvalue weighted by atomic mass is 16.5. The van der Waals surface area contributed by atoms with E-state index in [1.165, 1.54) is 0 Å². The number of carboxylic acid groups (broad SMARTS) is 1. The van der Waals surface area contributed by atoms with Gasteiger partial charge in [-0.3, -0.25) is 9.59 Å². The second kappa shape index (κ2) is 6.38. The quantitative estimate of drug-likeness (QED) is 0.907. The number of hydrogen-bond acceptors (Lipinski definition) is 3. The number of ether oxygens (including phenoxy) is 1. The van der Waals surface area contributed by atoms with Crippen molar-refractivity contribution in [3.8, 4) is 5.75 Å². The maximum absolute atomic E-state index is 12.9. The largest absolute Gasteiger partial charge is 0.497 e. The lowest BCUT2D eigenvalue weighted by atomic mass is 9.83. The van der Waals surface area contributed by atoms with E-state index in [1.807, 2.05) is 38.1 Å². The van der Waals surface area contributed by atoms with Crippen LogP contribution >= 0.6 is 0 Å². The van der Waals surface area contributed by atoms with Crippen molar-refractivity contribution in [2.24, 2.45) is 0 Å². The predicted octanol–water partition coefficient (Wildman–Crippen LogP) is 2.44. The van der Waals surface area contributed by atoms with Crippen molar-refractivity contribution in [1.29, 1.82) is 0 Å². The molecule has 22 heavy (non-hydrogen) atoms. The van der Waals surface area contributed by atoms with Crippen LogP contribution in [-0.4, -0.2) is 41.6 Å². The summed E-state index contributed by atoms with van der Waals surface area (Å²) in [7, 11) is 1.60. The number of carbonyl (C=O) groups is 2. The zero-order valence-corrected chi connectivity index (χ0v) is 13.3. The Morgan fingerprint density at radius 3 is 2.50 bits per heavy atom. The molecular weight excluding hydrogens is 282 g/mol. The summed E-state index contributed by atoms with van der Waals surface area (Å²) in [4.78, 5) is 25.6. The van der Waals surface area contributed by atoms with Gasteiger partial charge in [-0.1, -0.05) is 12.1 Å². The van der Waals surface area contributed by atoms with Gasteiger partial charge in [0.05, 0.1) is 18.9 Å². The topological polar surface area (TPSA) is 66.8 Å². The highest BCUT2D eigenvalue weighted by molar-refractivity contribution is 5.88. The van der Waals surface area contributed by atoms with Crippen molar-refractivity contribution in [1.82, 2.24) is 4.90 Å². The van der Waals surface area contributed by atoms with Gasteiger partial charge in [0.1, 0.15) is 5.75 Å². The first kappa shape index (κ1) is 16.3. The normalized spacial score (nSPS) is 18.3. The number of hydrogen-bond donors (Lipinski definition) is 1. The average Bonchev–Trinajstić information content (AvgIpc) is 2.93. The maximum Gasteiger partial charge on any atom is 0.305 e. The Labute approximate surface area is 130 Å². The lowest BCUT2D eigenvalue weighted by Crippen LogP contribution is -2.46. The first-order valence-electron chi connectivity index (χ1n) is 7.53. The molecule has 0 radical (unpaired) electrons. The number of rotatable bonds is 5. The highest BCUT2D eigenvalue weighted by Gasteiger charge is 2.39. The fourth-order valence-corrected chi connectivity index (χ4v) is 3.01. The molecule has 5 heteroatoms. The maximum atomic E-state index is 12.9. The molecule has 1 aromatic rings. The molecule has 120 valence electrons. The molecule has 5 nitrogen and oxygen atoms in total. The molecule has 1 fully saturated rings. The lowest BCUT2D eigenvalue weighted by molar-refractivity contribution is -0.141. The molecule has 1 atom stereocenters. The van der Waals surface area contributed by atoms with Gasteiger partial charge in [0, 0.05) is 12.6 Å². The highest BCUT2D eigenvalue weighted by Crippen LogP contribution is 2.31. The second-order valence-corrected chi connectivity index (χ2v) is 6.25. The van der Waals surface area contributed by atoms with Crippen LogP contribution in [-0.2, 0) is 15.0 Å². The van der Waals surface area contributed by atoms with Crippen molar-refractivity contribution in [3.05, 3.63) is 29.8 Å². The van der Waals surface area contributed by atoms with Crippen LogP contribution in [0.5, 0.6) is 5.75 Å². The van der Waals surface area contributed by atoms with Crippen LogP contribution in [0, 0.1) is 0 Å². The summed E-state index contributed by atoms with van der Waals surface area (Å²) in [6.07, 6.45) is 1.64. The zero-order chi connectivity index (χ0) is 16.3. The monoisotopic (exact) mass is 305 g/mol. The number of methoxy groups -OCH3 is 1. The number of benzene rings is 1. The van der Waals surface area contributed by atoms with Crippen LogP contribution in [0.15, 0.2) is 24.3 Å². The van der Waals surface area contributed by atoms with Crippen LogP contribution in [0.1, 0.15) is 38.7 Å². The SMILES string of the molecule is COc1ccc(C(C)(C)C(=O)N2CCCC2CC(=O)O)cc1. The predicted molar refractivity (Wildman–Crippen MR) is 83.0 cm³/mol. The summed E-state index contributed by atoms with van der Waals surface area (Å²) in [6, 6.07) is 7.26. The molecule has 0 aliphatic carbocycles. The molecule has 0 aromatic heterocycles. The van der Waals surface area contributed by atoms with E-state index < -0.39 is 11.4 Å². The summed E-state index contributed by atoms with van der Waals surface area (Å²) in [6.45, 7) is 4.40. The molecule has 0 bridgehead atoms. The minimum atomic E-state index is -0.855. The summed E-state index contributed by atoms with van der Waals surface area (Å²) in [5, 5.41) is 9.00. The van der Waals surface area contributed by atoms with Gasteiger partial charge in [-0.25, -0.2) is 0 Å². The van der Waals surface area contributed by atoms with Gasteiger partial charge >= 0.3 is 5.97 Å². The van der Waals surface area contributed by atoms with E-state index in [-0.39, 0.29) is 18.4 Å². The lowest BCUT2D eigenvalue weighted by Gasteiger charge is -2.33. The van der Waals surface area contributed by atoms with Crippen LogP contribution in [0.2, 0.25) is 0 Å². The van der Waals surface area contributed by atoms with Gasteiger partial charge in [0.2, 0.25) is 5.91 Å². The summed E-state index contributed by atoms with van der Waals surface area (Å²) < 4.78 is 5.14. The number of aliphatic carboxylic acids is 1. The van der Waals surface area contributed by atoms with E-state index in [9.17, 15) is 9.59 Å². The smallest absolute Gasteiger partial charge is 0.305 e. The van der Waals surface area contributed by atoms with Crippen LogP contribution in [0.4, 0.5) is 0 Å². The zero-order valence-electron chi connectivity index (χ0n) is 13.3. The Hall–Kier alpha value is -2.04. The van der Waals surface area contributed by atoms with Gasteiger partial charge in [0.25, 0.3) is 0 Å². The van der Waals surface area contributed by atoms with E-state index in [2.05, 4.69) is 0 Å². The summed E-state index contributed by atoms with van der Waals surface area (Å²) in [5.74, 6) is -0.120. The molecule has 1 N–H and O–H groups in total.